The fourth-order valence-corrected chi connectivity index (χ4v) is 3.54. The Bertz CT molecular complexity index is 873. The summed E-state index contributed by atoms with van der Waals surface area (Å²) in [7, 11) is 0. The zero-order chi connectivity index (χ0) is 21.6. The molecule has 0 unspecified atom stereocenters. The molecule has 2 amide bonds. The number of nitrogens with one attached hydrogen (secondary N) is 1. The normalized spacial score (nSPS) is 11.8. The largest absolute Gasteiger partial charge is 0.482 e. The molecule has 7 heteroatoms. The van der Waals surface area contributed by atoms with E-state index in [1.165, 1.54) is 4.90 Å². The molecule has 0 aromatic heterocycles. The summed E-state index contributed by atoms with van der Waals surface area (Å²) in [5, 5.41) is 3.27. The van der Waals surface area contributed by atoms with Crippen molar-refractivity contribution in [3.05, 3.63) is 63.1 Å². The van der Waals surface area contributed by atoms with Crippen LogP contribution in [-0.2, 0) is 16.1 Å². The van der Waals surface area contributed by atoms with Gasteiger partial charge in [-0.3, -0.25) is 9.59 Å². The van der Waals surface area contributed by atoms with Crippen molar-refractivity contribution < 1.29 is 14.3 Å². The van der Waals surface area contributed by atoms with Gasteiger partial charge in [0.1, 0.15) is 11.8 Å². The fourth-order valence-electron chi connectivity index (χ4n) is 2.81. The van der Waals surface area contributed by atoms with Crippen molar-refractivity contribution >= 4 is 39.3 Å². The Hall–Kier alpha value is -2.05. The van der Waals surface area contributed by atoms with E-state index in [2.05, 4.69) is 21.2 Å². The highest BCUT2D eigenvalue weighted by atomic mass is 79.9. The minimum atomic E-state index is -0.644. The van der Waals surface area contributed by atoms with Gasteiger partial charge in [-0.15, -0.1) is 0 Å². The third kappa shape index (κ3) is 7.05. The Morgan fingerprint density at radius 3 is 2.52 bits per heavy atom. The van der Waals surface area contributed by atoms with Crippen molar-refractivity contribution in [3.63, 3.8) is 0 Å². The predicted molar refractivity (Wildman–Crippen MR) is 119 cm³/mol. The molecule has 2 aromatic carbocycles. The molecule has 5 nitrogen and oxygen atoms in total. The topological polar surface area (TPSA) is 58.6 Å². The third-order valence-electron chi connectivity index (χ3n) is 4.28. The second-order valence-electron chi connectivity index (χ2n) is 7.21. The molecule has 1 N–H and O–H groups in total. The number of hydrogen-bond acceptors (Lipinski definition) is 3. The molecule has 0 saturated carbocycles. The van der Waals surface area contributed by atoms with Crippen LogP contribution in [0.5, 0.6) is 5.75 Å². The highest BCUT2D eigenvalue weighted by Crippen LogP contribution is 2.27. The van der Waals surface area contributed by atoms with E-state index in [1.54, 1.807) is 25.1 Å². The van der Waals surface area contributed by atoms with Crippen molar-refractivity contribution in [1.29, 1.82) is 0 Å². The van der Waals surface area contributed by atoms with Crippen LogP contribution in [0.3, 0.4) is 0 Å². The first-order valence-electron chi connectivity index (χ1n) is 9.40. The number of carbonyl (C=O) groups excluding carboxylic acids is 2. The van der Waals surface area contributed by atoms with Gasteiger partial charge >= 0.3 is 0 Å². The number of benzene rings is 2. The van der Waals surface area contributed by atoms with Crippen molar-refractivity contribution in [2.24, 2.45) is 0 Å². The maximum absolute atomic E-state index is 13.0. The molecular weight excluding hydrogens is 456 g/mol. The van der Waals surface area contributed by atoms with Gasteiger partial charge in [-0.05, 0) is 51.5 Å². The van der Waals surface area contributed by atoms with Gasteiger partial charge in [0, 0.05) is 17.1 Å². The van der Waals surface area contributed by atoms with Gasteiger partial charge in [-0.1, -0.05) is 57.4 Å². The van der Waals surface area contributed by atoms with Gasteiger partial charge in [0.25, 0.3) is 5.91 Å². The van der Waals surface area contributed by atoms with Crippen molar-refractivity contribution in [1.82, 2.24) is 10.2 Å². The highest BCUT2D eigenvalue weighted by molar-refractivity contribution is 9.10. The average Bonchev–Trinajstić information content (AvgIpc) is 2.64. The van der Waals surface area contributed by atoms with Gasteiger partial charge in [-0.2, -0.15) is 0 Å². The molecule has 0 aliphatic rings. The third-order valence-corrected chi connectivity index (χ3v) is 5.07. The predicted octanol–water partition coefficient (Wildman–Crippen LogP) is 4.73. The van der Waals surface area contributed by atoms with Crippen LogP contribution in [-0.4, -0.2) is 35.4 Å². The lowest BCUT2D eigenvalue weighted by molar-refractivity contribution is -0.142. The second-order valence-corrected chi connectivity index (χ2v) is 8.54. The maximum Gasteiger partial charge on any atom is 0.261 e. The Kier molecular flexibility index (Phi) is 8.53. The Balaban J connectivity index is 2.17. The summed E-state index contributed by atoms with van der Waals surface area (Å²) >= 11 is 9.50. The molecule has 156 valence electrons. The molecular formula is C22H26BrClN2O3. The Labute approximate surface area is 185 Å². The zero-order valence-corrected chi connectivity index (χ0v) is 19.4. The van der Waals surface area contributed by atoms with Crippen LogP contribution in [0.15, 0.2) is 46.9 Å². The van der Waals surface area contributed by atoms with Crippen LogP contribution in [0.25, 0.3) is 0 Å². The summed E-state index contributed by atoms with van der Waals surface area (Å²) in [5.74, 6) is -0.0856. The minimum Gasteiger partial charge on any atom is -0.482 e. The molecule has 0 fully saturated rings. The monoisotopic (exact) mass is 480 g/mol. The number of aryl methyl sites for hydroxylation is 1. The summed E-state index contributed by atoms with van der Waals surface area (Å²) in [5.41, 5.74) is 2.04. The van der Waals surface area contributed by atoms with Crippen molar-refractivity contribution in [2.75, 3.05) is 6.61 Å². The first-order chi connectivity index (χ1) is 13.7. The summed E-state index contributed by atoms with van der Waals surface area (Å²) in [6.07, 6.45) is 0. The van der Waals surface area contributed by atoms with Crippen LogP contribution in [0.1, 0.15) is 31.9 Å². The summed E-state index contributed by atoms with van der Waals surface area (Å²) in [6.45, 7) is 7.57. The number of ether oxygens (including phenoxy) is 1. The van der Waals surface area contributed by atoms with Crippen LogP contribution >= 0.6 is 27.5 Å². The van der Waals surface area contributed by atoms with Gasteiger partial charge in [0.2, 0.25) is 5.91 Å². The molecule has 0 aliphatic heterocycles. The summed E-state index contributed by atoms with van der Waals surface area (Å²) < 4.78 is 6.45. The van der Waals surface area contributed by atoms with Gasteiger partial charge < -0.3 is 15.0 Å². The van der Waals surface area contributed by atoms with E-state index in [4.69, 9.17) is 16.3 Å². The second kappa shape index (κ2) is 10.6. The molecule has 2 aromatic rings. The van der Waals surface area contributed by atoms with Crippen LogP contribution in [0.4, 0.5) is 0 Å². The minimum absolute atomic E-state index is 0.0151. The standard InChI is InChI=1S/C22H26BrClN2O3/c1-14(2)25-22(28)16(4)26(12-17-7-5-6-15(3)10-17)21(27)13-29-20-9-8-18(23)11-19(20)24/h5-11,14,16H,12-13H2,1-4H3,(H,25,28)/t16-/m0/s1. The van der Waals surface area contributed by atoms with E-state index in [9.17, 15) is 9.59 Å². The zero-order valence-electron chi connectivity index (χ0n) is 17.0. The van der Waals surface area contributed by atoms with E-state index in [-0.39, 0.29) is 24.5 Å². The summed E-state index contributed by atoms with van der Waals surface area (Å²) in [4.78, 5) is 27.1. The van der Waals surface area contributed by atoms with E-state index >= 15 is 0 Å². The molecule has 0 spiro atoms. The molecule has 2 rings (SSSR count). The molecule has 0 radical (unpaired) electrons. The quantitative estimate of drug-likeness (QED) is 0.593. The Morgan fingerprint density at radius 2 is 1.90 bits per heavy atom. The van der Waals surface area contributed by atoms with E-state index in [0.29, 0.717) is 17.3 Å². The molecule has 0 saturated heterocycles. The lowest BCUT2D eigenvalue weighted by Gasteiger charge is -2.29. The van der Waals surface area contributed by atoms with Crippen LogP contribution in [0, 0.1) is 6.92 Å². The van der Waals surface area contributed by atoms with E-state index < -0.39 is 6.04 Å². The highest BCUT2D eigenvalue weighted by Gasteiger charge is 2.27. The lowest BCUT2D eigenvalue weighted by Crippen LogP contribution is -2.50. The SMILES string of the molecule is Cc1cccc(CN(C(=O)COc2ccc(Br)cc2Cl)[C@@H](C)C(=O)NC(C)C)c1. The molecule has 1 atom stereocenters. The number of carbonyl (C=O) groups is 2. The van der Waals surface area contributed by atoms with E-state index in [1.807, 2.05) is 45.0 Å². The molecule has 0 bridgehead atoms. The average molecular weight is 482 g/mol. The number of amides is 2. The molecule has 29 heavy (non-hydrogen) atoms. The van der Waals surface area contributed by atoms with Gasteiger partial charge in [0.15, 0.2) is 6.61 Å². The van der Waals surface area contributed by atoms with Crippen LogP contribution < -0.4 is 10.1 Å². The van der Waals surface area contributed by atoms with Crippen molar-refractivity contribution in [3.8, 4) is 5.75 Å². The maximum atomic E-state index is 13.0. The first-order valence-corrected chi connectivity index (χ1v) is 10.6. The van der Waals surface area contributed by atoms with E-state index in [0.717, 1.165) is 15.6 Å². The number of rotatable bonds is 8. The number of halogens is 2. The Morgan fingerprint density at radius 1 is 1.17 bits per heavy atom. The van der Waals surface area contributed by atoms with Crippen LogP contribution in [0.2, 0.25) is 5.02 Å². The first kappa shape index (κ1) is 23.2. The van der Waals surface area contributed by atoms with Gasteiger partial charge in [0.05, 0.1) is 5.02 Å². The molecule has 0 aliphatic carbocycles. The van der Waals surface area contributed by atoms with Gasteiger partial charge in [-0.25, -0.2) is 0 Å². The number of hydrogen-bond donors (Lipinski definition) is 1. The molecule has 0 heterocycles. The van der Waals surface area contributed by atoms with Crippen molar-refractivity contribution in [2.45, 2.75) is 46.3 Å². The number of nitrogens with zero attached hydrogens (tertiary/aromatic N) is 1. The smallest absolute Gasteiger partial charge is 0.261 e. The summed E-state index contributed by atoms with van der Waals surface area (Å²) in [6, 6.07) is 12.4. The lowest BCUT2D eigenvalue weighted by atomic mass is 10.1. The fraction of sp³-hybridized carbons (Fsp3) is 0.364.